The number of methoxy groups -OCH3 is 2. The maximum atomic E-state index is 12.8. The lowest BCUT2D eigenvalue weighted by molar-refractivity contribution is -0.385. The normalized spacial score (nSPS) is 14.1. The van der Waals surface area contributed by atoms with Crippen molar-refractivity contribution < 1.29 is 32.3 Å². The Balaban J connectivity index is 1.82. The van der Waals surface area contributed by atoms with Gasteiger partial charge >= 0.3 is 0 Å². The van der Waals surface area contributed by atoms with Gasteiger partial charge < -0.3 is 19.5 Å². The van der Waals surface area contributed by atoms with E-state index in [1.807, 2.05) is 0 Å². The first-order valence-electron chi connectivity index (χ1n) is 10.4. The molecule has 0 aromatic heterocycles. The second-order valence-electron chi connectivity index (χ2n) is 7.55. The Hall–Kier alpha value is -3.18. The Morgan fingerprint density at radius 3 is 2.33 bits per heavy atom. The maximum absolute atomic E-state index is 12.8. The van der Waals surface area contributed by atoms with E-state index in [1.165, 1.54) is 44.6 Å². The number of ether oxygens (including phenoxy) is 3. The Morgan fingerprint density at radius 2 is 1.76 bits per heavy atom. The number of hydrogen-bond donors (Lipinski definition) is 1. The predicted octanol–water partition coefficient (Wildman–Crippen LogP) is 3.60. The van der Waals surface area contributed by atoms with Crippen LogP contribution < -0.4 is 14.8 Å². The average Bonchev–Trinajstić information content (AvgIpc) is 3.35. The van der Waals surface area contributed by atoms with Crippen LogP contribution in [0, 0.1) is 10.1 Å². The summed E-state index contributed by atoms with van der Waals surface area (Å²) in [5, 5.41) is 13.8. The highest BCUT2D eigenvalue weighted by Gasteiger charge is 2.30. The third-order valence-corrected chi connectivity index (χ3v) is 7.73. The quantitative estimate of drug-likeness (QED) is 0.311. The van der Waals surface area contributed by atoms with Crippen LogP contribution in [-0.2, 0) is 14.6 Å². The lowest BCUT2D eigenvalue weighted by Gasteiger charge is -2.13. The van der Waals surface area contributed by atoms with Gasteiger partial charge in [-0.1, -0.05) is 12.8 Å². The van der Waals surface area contributed by atoms with Crippen molar-refractivity contribution in [1.82, 2.24) is 0 Å². The first-order valence-corrected chi connectivity index (χ1v) is 12.0. The van der Waals surface area contributed by atoms with Gasteiger partial charge in [-0.05, 0) is 37.1 Å². The molecule has 2 aromatic rings. The van der Waals surface area contributed by atoms with Gasteiger partial charge in [0.15, 0.2) is 21.3 Å². The van der Waals surface area contributed by atoms with Crippen molar-refractivity contribution in [3.05, 3.63) is 52.1 Å². The maximum Gasteiger partial charge on any atom is 0.286 e. The lowest BCUT2D eigenvalue weighted by atomic mass is 10.1. The zero-order chi connectivity index (χ0) is 24.0. The molecule has 2 aromatic carbocycles. The van der Waals surface area contributed by atoms with E-state index < -0.39 is 26.4 Å². The van der Waals surface area contributed by atoms with Crippen LogP contribution in [0.15, 0.2) is 41.3 Å². The molecule has 0 unspecified atom stereocenters. The molecule has 0 bridgehead atoms. The predicted molar refractivity (Wildman–Crippen MR) is 121 cm³/mol. The smallest absolute Gasteiger partial charge is 0.286 e. The summed E-state index contributed by atoms with van der Waals surface area (Å²) in [6, 6.07) is 8.15. The van der Waals surface area contributed by atoms with Crippen molar-refractivity contribution in [2.24, 2.45) is 0 Å². The molecule has 1 aliphatic rings. The second kappa shape index (κ2) is 10.6. The Kier molecular flexibility index (Phi) is 7.88. The van der Waals surface area contributed by atoms with E-state index in [-0.39, 0.29) is 40.4 Å². The van der Waals surface area contributed by atoms with Crippen LogP contribution in [-0.4, -0.2) is 51.9 Å². The SMILES string of the molecule is COCCOc1cc([N+](=O)[O-])c(C(=O)Nc2ccc(S(=O)(=O)C3CCCC3)cc2)cc1OC. The van der Waals surface area contributed by atoms with Crippen LogP contribution >= 0.6 is 0 Å². The molecular formula is C22H26N2O8S. The van der Waals surface area contributed by atoms with Gasteiger partial charge in [0.2, 0.25) is 0 Å². The molecule has 3 rings (SSSR count). The van der Waals surface area contributed by atoms with Crippen molar-refractivity contribution in [2.45, 2.75) is 35.8 Å². The number of nitro benzene ring substituents is 1. The monoisotopic (exact) mass is 478 g/mol. The van der Waals surface area contributed by atoms with Crippen LogP contribution in [0.1, 0.15) is 36.0 Å². The zero-order valence-corrected chi connectivity index (χ0v) is 19.2. The minimum Gasteiger partial charge on any atom is -0.493 e. The van der Waals surface area contributed by atoms with Gasteiger partial charge in [-0.3, -0.25) is 14.9 Å². The first kappa shape index (κ1) is 24.5. The Morgan fingerprint density at radius 1 is 1.09 bits per heavy atom. The van der Waals surface area contributed by atoms with Crippen LogP contribution in [0.5, 0.6) is 11.5 Å². The number of anilines is 1. The number of amides is 1. The number of benzene rings is 2. The summed E-state index contributed by atoms with van der Waals surface area (Å²) in [6.45, 7) is 0.414. The van der Waals surface area contributed by atoms with E-state index in [4.69, 9.17) is 14.2 Å². The molecular weight excluding hydrogens is 452 g/mol. The third kappa shape index (κ3) is 5.60. The number of sulfone groups is 1. The van der Waals surface area contributed by atoms with E-state index in [0.717, 1.165) is 18.9 Å². The zero-order valence-electron chi connectivity index (χ0n) is 18.4. The van der Waals surface area contributed by atoms with Crippen molar-refractivity contribution in [3.63, 3.8) is 0 Å². The van der Waals surface area contributed by atoms with Gasteiger partial charge in [-0.25, -0.2) is 8.42 Å². The minimum atomic E-state index is -3.42. The fourth-order valence-electron chi connectivity index (χ4n) is 3.71. The first-order chi connectivity index (χ1) is 15.8. The molecule has 33 heavy (non-hydrogen) atoms. The Labute approximate surface area is 191 Å². The molecule has 11 heteroatoms. The number of carbonyl (C=O) groups is 1. The largest absolute Gasteiger partial charge is 0.493 e. The van der Waals surface area contributed by atoms with Gasteiger partial charge in [-0.2, -0.15) is 0 Å². The minimum absolute atomic E-state index is 0.110. The summed E-state index contributed by atoms with van der Waals surface area (Å²) in [5.74, 6) is -0.478. The molecule has 1 fully saturated rings. The average molecular weight is 479 g/mol. The summed E-state index contributed by atoms with van der Waals surface area (Å²) in [6.07, 6.45) is 3.10. The summed E-state index contributed by atoms with van der Waals surface area (Å²) in [7, 11) is -0.569. The summed E-state index contributed by atoms with van der Waals surface area (Å²) in [5.41, 5.74) is -0.376. The molecule has 0 heterocycles. The van der Waals surface area contributed by atoms with Gasteiger partial charge in [0.05, 0.1) is 34.9 Å². The lowest BCUT2D eigenvalue weighted by Crippen LogP contribution is -2.18. The van der Waals surface area contributed by atoms with E-state index in [1.54, 1.807) is 0 Å². The molecule has 1 saturated carbocycles. The van der Waals surface area contributed by atoms with Gasteiger partial charge in [0.1, 0.15) is 12.2 Å². The van der Waals surface area contributed by atoms with E-state index in [9.17, 15) is 23.3 Å². The van der Waals surface area contributed by atoms with Gasteiger partial charge in [-0.15, -0.1) is 0 Å². The van der Waals surface area contributed by atoms with E-state index >= 15 is 0 Å². The fraction of sp³-hybridized carbons (Fsp3) is 0.409. The fourth-order valence-corrected chi connectivity index (χ4v) is 5.56. The van der Waals surface area contributed by atoms with E-state index in [2.05, 4.69) is 5.32 Å². The standard InChI is InChI=1S/C22H26N2O8S/c1-30-11-12-32-21-14-19(24(26)27)18(13-20(21)31-2)22(25)23-15-7-9-17(10-8-15)33(28,29)16-5-3-4-6-16/h7-10,13-14,16H,3-6,11-12H2,1-2H3,(H,23,25). The second-order valence-corrected chi connectivity index (χ2v) is 9.78. The highest BCUT2D eigenvalue weighted by atomic mass is 32.2. The van der Waals surface area contributed by atoms with Crippen LogP contribution in [0.25, 0.3) is 0 Å². The van der Waals surface area contributed by atoms with Gasteiger partial charge in [0.25, 0.3) is 11.6 Å². The number of nitrogens with one attached hydrogen (secondary N) is 1. The summed E-state index contributed by atoms with van der Waals surface area (Å²) < 4.78 is 41.0. The molecule has 0 atom stereocenters. The molecule has 0 spiro atoms. The number of nitro groups is 1. The molecule has 178 valence electrons. The molecule has 1 N–H and O–H groups in total. The van der Waals surface area contributed by atoms with Crippen molar-refractivity contribution >= 4 is 27.1 Å². The van der Waals surface area contributed by atoms with Crippen LogP contribution in [0.2, 0.25) is 0 Å². The van der Waals surface area contributed by atoms with Gasteiger partial charge in [0, 0.05) is 18.9 Å². The number of nitrogens with zero attached hydrogens (tertiary/aromatic N) is 1. The molecule has 1 amide bonds. The van der Waals surface area contributed by atoms with Crippen molar-refractivity contribution in [3.8, 4) is 11.5 Å². The van der Waals surface area contributed by atoms with Crippen molar-refractivity contribution in [1.29, 1.82) is 0 Å². The van der Waals surface area contributed by atoms with Crippen LogP contribution in [0.4, 0.5) is 11.4 Å². The number of rotatable bonds is 10. The molecule has 1 aliphatic carbocycles. The summed E-state index contributed by atoms with van der Waals surface area (Å²) >= 11 is 0. The van der Waals surface area contributed by atoms with Crippen molar-refractivity contribution in [2.75, 3.05) is 32.8 Å². The molecule has 10 nitrogen and oxygen atoms in total. The Bertz CT molecular complexity index is 1110. The molecule has 0 radical (unpaired) electrons. The summed E-state index contributed by atoms with van der Waals surface area (Å²) in [4.78, 5) is 23.9. The van der Waals surface area contributed by atoms with Crippen LogP contribution in [0.3, 0.4) is 0 Å². The topological polar surface area (TPSA) is 134 Å². The van der Waals surface area contributed by atoms with E-state index in [0.29, 0.717) is 18.5 Å². The molecule has 0 saturated heterocycles. The number of carbonyl (C=O) groups excluding carboxylic acids is 1. The highest BCUT2D eigenvalue weighted by Crippen LogP contribution is 2.35. The number of hydrogen-bond acceptors (Lipinski definition) is 8. The molecule has 0 aliphatic heterocycles. The third-order valence-electron chi connectivity index (χ3n) is 5.45. The highest BCUT2D eigenvalue weighted by molar-refractivity contribution is 7.92.